The maximum Gasteiger partial charge on any atom is 0.294 e. The van der Waals surface area contributed by atoms with Crippen LogP contribution >= 0.6 is 0 Å². The van der Waals surface area contributed by atoms with Crippen molar-refractivity contribution in [1.29, 1.82) is 0 Å². The summed E-state index contributed by atoms with van der Waals surface area (Å²) in [5.41, 5.74) is 6.57. The molecule has 0 radical (unpaired) electrons. The molecule has 0 aliphatic carbocycles. The van der Waals surface area contributed by atoms with Crippen molar-refractivity contribution in [3.8, 4) is 0 Å². The lowest BCUT2D eigenvalue weighted by atomic mass is 9.96. The number of aliphatic imine (C=N–C) groups is 2. The quantitative estimate of drug-likeness (QED) is 0.110. The standard InChI is InChI=1S/C44H30N4O12S4/c49-61(50,51)30-9-1-25(2-10-30)41-29-23-40(45-24-29)44(28-7-15-33(16-8-28)64(58,59)60)39-22-21-38(48-39)43(27-5-13-32(14-6-27)63(55,56)57)37-20-19-36(47-37)42(35-18-17-34(41)46-35)26-3-11-31(12-4-26)62(52,53)54/h1-24,45,47H,(H,49,50,51)(H,52,53,54)(H,55,56,57)(H,58,59,60). The molecule has 2 aromatic heterocycles. The Bertz CT molecular complexity index is 3520. The third kappa shape index (κ3) is 8.11. The minimum Gasteiger partial charge on any atom is -0.360 e. The molecule has 0 atom stereocenters. The van der Waals surface area contributed by atoms with Crippen LogP contribution in [0, 0.1) is 0 Å². The van der Waals surface area contributed by atoms with E-state index in [1.165, 1.54) is 97.1 Å². The second kappa shape index (κ2) is 15.4. The van der Waals surface area contributed by atoms with Gasteiger partial charge in [0.25, 0.3) is 40.5 Å². The number of aromatic nitrogens is 2. The van der Waals surface area contributed by atoms with Gasteiger partial charge in [0.1, 0.15) is 0 Å². The highest BCUT2D eigenvalue weighted by molar-refractivity contribution is 7.86. The van der Waals surface area contributed by atoms with Gasteiger partial charge in [-0.1, -0.05) is 48.5 Å². The number of rotatable bonds is 8. The van der Waals surface area contributed by atoms with Gasteiger partial charge in [0.15, 0.2) is 0 Å². The molecule has 16 nitrogen and oxygen atoms in total. The van der Waals surface area contributed by atoms with Gasteiger partial charge < -0.3 is 9.97 Å². The van der Waals surface area contributed by atoms with Crippen LogP contribution in [-0.2, 0) is 40.5 Å². The van der Waals surface area contributed by atoms with Gasteiger partial charge in [-0.15, -0.1) is 0 Å². The molecule has 0 saturated heterocycles. The van der Waals surface area contributed by atoms with Crippen LogP contribution in [0.25, 0.3) is 22.3 Å². The van der Waals surface area contributed by atoms with Crippen LogP contribution in [0.1, 0.15) is 33.5 Å². The third-order valence-electron chi connectivity index (χ3n) is 10.5. The molecule has 0 fully saturated rings. The van der Waals surface area contributed by atoms with Crippen LogP contribution in [0.3, 0.4) is 0 Å². The van der Waals surface area contributed by atoms with Gasteiger partial charge in [-0.2, -0.15) is 33.7 Å². The number of hydrogen-bond donors (Lipinski definition) is 6. The van der Waals surface area contributed by atoms with Crippen molar-refractivity contribution in [3.05, 3.63) is 201 Å². The number of allylic oxidation sites excluding steroid dienone is 4. The van der Waals surface area contributed by atoms with Crippen LogP contribution in [0.2, 0.25) is 0 Å². The lowest BCUT2D eigenvalue weighted by Gasteiger charge is -2.11. The lowest BCUT2D eigenvalue weighted by molar-refractivity contribution is 0.481. The Kier molecular flexibility index (Phi) is 10.2. The molecule has 4 aromatic carbocycles. The number of aromatic amines is 2. The first-order chi connectivity index (χ1) is 30.2. The molecule has 0 spiro atoms. The topological polar surface area (TPSA) is 274 Å². The van der Waals surface area contributed by atoms with Crippen molar-refractivity contribution < 1.29 is 51.9 Å². The van der Waals surface area contributed by atoms with E-state index in [0.29, 0.717) is 89.3 Å². The predicted molar refractivity (Wildman–Crippen MR) is 236 cm³/mol. The Morgan fingerprint density at radius 1 is 0.375 bits per heavy atom. The highest BCUT2D eigenvalue weighted by atomic mass is 32.2. The molecular formula is C44H30N4O12S4. The van der Waals surface area contributed by atoms with Crippen molar-refractivity contribution in [2.75, 3.05) is 0 Å². The second-order valence-corrected chi connectivity index (χ2v) is 20.2. The van der Waals surface area contributed by atoms with Crippen LogP contribution < -0.4 is 10.7 Å². The first kappa shape index (κ1) is 42.4. The number of hydrogen-bond acceptors (Lipinski definition) is 10. The van der Waals surface area contributed by atoms with E-state index in [-0.39, 0.29) is 19.6 Å². The molecule has 3 aliphatic heterocycles. The minimum atomic E-state index is -4.55. The summed E-state index contributed by atoms with van der Waals surface area (Å²) >= 11 is 0. The number of fused-ring (bicyclic) bond motifs is 6. The average Bonchev–Trinajstić information content (AvgIpc) is 4.08. The fourth-order valence-electron chi connectivity index (χ4n) is 7.61. The molecule has 3 aliphatic rings. The Morgan fingerprint density at radius 2 is 0.703 bits per heavy atom. The molecule has 64 heavy (non-hydrogen) atoms. The summed E-state index contributed by atoms with van der Waals surface area (Å²) in [6.45, 7) is 0. The van der Waals surface area contributed by atoms with Gasteiger partial charge in [-0.05, 0) is 113 Å². The predicted octanol–water partition coefficient (Wildman–Crippen LogP) is 4.98. The van der Waals surface area contributed by atoms with Crippen LogP contribution in [0.15, 0.2) is 187 Å². The Labute approximate surface area is 365 Å². The van der Waals surface area contributed by atoms with Gasteiger partial charge in [0.05, 0.1) is 42.4 Å². The van der Waals surface area contributed by atoms with Gasteiger partial charge in [0, 0.05) is 50.4 Å². The molecule has 8 bridgehead atoms. The highest BCUT2D eigenvalue weighted by Crippen LogP contribution is 2.37. The fraction of sp³-hybridized carbons (Fsp3) is 0. The maximum absolute atomic E-state index is 12.0. The van der Waals surface area contributed by atoms with Gasteiger partial charge in [-0.3, -0.25) is 18.2 Å². The highest BCUT2D eigenvalue weighted by Gasteiger charge is 2.25. The summed E-state index contributed by atoms with van der Waals surface area (Å²) in [6.07, 6.45) is 8.62. The zero-order valence-corrected chi connectivity index (χ0v) is 35.7. The van der Waals surface area contributed by atoms with Gasteiger partial charge in [0.2, 0.25) is 0 Å². The van der Waals surface area contributed by atoms with Crippen LogP contribution in [0.4, 0.5) is 0 Å². The summed E-state index contributed by atoms with van der Waals surface area (Å²) < 4.78 is 135. The summed E-state index contributed by atoms with van der Waals surface area (Å²) in [5.74, 6) is 0. The number of H-pyrrole nitrogens is 2. The zero-order chi connectivity index (χ0) is 45.3. The van der Waals surface area contributed by atoms with Gasteiger partial charge in [-0.25, -0.2) is 9.98 Å². The second-order valence-electron chi connectivity index (χ2n) is 14.5. The van der Waals surface area contributed by atoms with Crippen molar-refractivity contribution in [3.63, 3.8) is 0 Å². The third-order valence-corrected chi connectivity index (χ3v) is 14.0. The Morgan fingerprint density at radius 3 is 1.06 bits per heavy atom. The van der Waals surface area contributed by atoms with Crippen molar-refractivity contribution in [2.45, 2.75) is 19.6 Å². The summed E-state index contributed by atoms with van der Waals surface area (Å²) in [7, 11) is -18.2. The molecule has 0 saturated carbocycles. The first-order valence-corrected chi connectivity index (χ1v) is 24.5. The molecular weight excluding hydrogens is 905 g/mol. The zero-order valence-electron chi connectivity index (χ0n) is 32.4. The number of nitrogens with zero attached hydrogens (tertiary/aromatic N) is 2. The summed E-state index contributed by atoms with van der Waals surface area (Å²) in [4.78, 5) is 15.5. The lowest BCUT2D eigenvalue weighted by Crippen LogP contribution is -2.21. The van der Waals surface area contributed by atoms with E-state index in [2.05, 4.69) is 9.97 Å². The van der Waals surface area contributed by atoms with Crippen molar-refractivity contribution >= 4 is 74.2 Å². The molecule has 0 unspecified atom stereocenters. The smallest absolute Gasteiger partial charge is 0.294 e. The van der Waals surface area contributed by atoms with Crippen molar-refractivity contribution in [1.82, 2.24) is 9.97 Å². The average molecular weight is 935 g/mol. The monoisotopic (exact) mass is 934 g/mol. The van der Waals surface area contributed by atoms with E-state index >= 15 is 0 Å². The maximum atomic E-state index is 12.0. The van der Waals surface area contributed by atoms with Crippen LogP contribution in [0.5, 0.6) is 0 Å². The SMILES string of the molecule is O=S(=O)(O)c1ccc(C2=C3C=CC(=N3)C(c3ccc(S(=O)(=O)O)cc3)=c3ccc([nH]3)=C(c3ccc(S(=O)(=O)O)cc3)C3=NC(=C(c4ccc(S(=O)(=O)O)cc4)c4cc2c[nH]4)C=C3)cc1. The molecule has 9 rings (SSSR count). The summed E-state index contributed by atoms with van der Waals surface area (Å²) in [5, 5.41) is 0.969. The van der Waals surface area contributed by atoms with Gasteiger partial charge >= 0.3 is 0 Å². The van der Waals surface area contributed by atoms with E-state index in [0.717, 1.165) is 0 Å². The molecule has 0 amide bonds. The fourth-order valence-corrected chi connectivity index (χ4v) is 9.53. The minimum absolute atomic E-state index is 0.338. The first-order valence-electron chi connectivity index (χ1n) is 18.7. The number of benzene rings is 4. The van der Waals surface area contributed by atoms with E-state index in [1.54, 1.807) is 48.7 Å². The van der Waals surface area contributed by atoms with E-state index in [9.17, 15) is 51.9 Å². The van der Waals surface area contributed by atoms with Crippen LogP contribution in [-0.4, -0.2) is 73.3 Å². The number of nitrogens with one attached hydrogen (secondary N) is 2. The van der Waals surface area contributed by atoms with E-state index < -0.39 is 40.5 Å². The normalized spacial score (nSPS) is 15.6. The largest absolute Gasteiger partial charge is 0.360 e. The summed E-state index contributed by atoms with van der Waals surface area (Å²) in [6, 6.07) is 27.3. The van der Waals surface area contributed by atoms with E-state index in [4.69, 9.17) is 9.98 Å². The molecule has 6 aromatic rings. The molecule has 20 heteroatoms. The molecule has 5 heterocycles. The Balaban J connectivity index is 1.39. The molecule has 322 valence electrons. The molecule has 6 N–H and O–H groups in total. The van der Waals surface area contributed by atoms with Crippen molar-refractivity contribution in [2.24, 2.45) is 9.98 Å². The van der Waals surface area contributed by atoms with E-state index in [1.807, 2.05) is 0 Å². The Hall–Kier alpha value is -6.88.